The Bertz CT molecular complexity index is 855. The largest absolute Gasteiger partial charge is 0.484 e. The van der Waals surface area contributed by atoms with Gasteiger partial charge in [-0.1, -0.05) is 28.8 Å². The van der Waals surface area contributed by atoms with Gasteiger partial charge in [-0.15, -0.1) is 0 Å². The molecule has 2 atom stereocenters. The van der Waals surface area contributed by atoms with Crippen LogP contribution in [0.15, 0.2) is 60.2 Å². The molecule has 2 unspecified atom stereocenters. The quantitative estimate of drug-likeness (QED) is 0.677. The van der Waals surface area contributed by atoms with Gasteiger partial charge in [-0.2, -0.15) is 0 Å². The number of nitrogens with two attached hydrogens (primary N) is 1. The zero-order valence-electron chi connectivity index (χ0n) is 18.1. The highest BCUT2D eigenvalue weighted by Gasteiger charge is 2.36. The van der Waals surface area contributed by atoms with Crippen LogP contribution in [0.1, 0.15) is 40.0 Å². The van der Waals surface area contributed by atoms with E-state index in [4.69, 9.17) is 10.5 Å². The fraction of sp³-hybridized carbons (Fsp3) is 0.435. The van der Waals surface area contributed by atoms with Gasteiger partial charge in [-0.05, 0) is 63.5 Å². The molecule has 0 bridgehead atoms. The summed E-state index contributed by atoms with van der Waals surface area (Å²) >= 11 is 0. The molecule has 0 aliphatic carbocycles. The molecule has 1 aromatic carbocycles. The standard InChI is InChI=1S/C23H33N4O2P/c1-5-6-8-19-21(24)27(15-16(2)25-19)22(28)20-9-7-14-26(20)17-10-12-18(13-11-17)29-23(3,4)30/h6,8,10-13,20,25H,2,5,7,9,14-15,24,30H2,1,3-4H3/b8-6-. The van der Waals surface area contributed by atoms with Gasteiger partial charge in [-0.3, -0.25) is 9.69 Å². The first kappa shape index (κ1) is 22.2. The average Bonchev–Trinajstić information content (AvgIpc) is 3.17. The molecule has 1 fully saturated rings. The highest BCUT2D eigenvalue weighted by atomic mass is 31.0. The normalized spacial score (nSPS) is 20.1. The van der Waals surface area contributed by atoms with Crippen LogP contribution in [-0.4, -0.2) is 35.3 Å². The summed E-state index contributed by atoms with van der Waals surface area (Å²) in [5.74, 6) is 1.27. The van der Waals surface area contributed by atoms with Crippen molar-refractivity contribution in [2.75, 3.05) is 18.0 Å². The molecule has 3 rings (SSSR count). The Hall–Kier alpha value is -2.46. The van der Waals surface area contributed by atoms with E-state index in [-0.39, 0.29) is 17.3 Å². The van der Waals surface area contributed by atoms with Crippen molar-refractivity contribution >= 4 is 20.8 Å². The Balaban J connectivity index is 1.80. The first-order chi connectivity index (χ1) is 14.2. The predicted octanol–water partition coefficient (Wildman–Crippen LogP) is 3.68. The van der Waals surface area contributed by atoms with Crippen molar-refractivity contribution in [1.82, 2.24) is 10.2 Å². The Morgan fingerprint density at radius 1 is 1.40 bits per heavy atom. The second kappa shape index (κ2) is 9.13. The lowest BCUT2D eigenvalue weighted by molar-refractivity contribution is -0.130. The molecule has 0 aromatic heterocycles. The van der Waals surface area contributed by atoms with Gasteiger partial charge >= 0.3 is 0 Å². The van der Waals surface area contributed by atoms with E-state index >= 15 is 0 Å². The van der Waals surface area contributed by atoms with Crippen molar-refractivity contribution < 1.29 is 9.53 Å². The highest BCUT2D eigenvalue weighted by molar-refractivity contribution is 7.18. The first-order valence-corrected chi connectivity index (χ1v) is 11.0. The molecule has 3 N–H and O–H groups in total. The number of nitrogens with zero attached hydrogens (tertiary/aromatic N) is 2. The second-order valence-electron chi connectivity index (χ2n) is 8.31. The van der Waals surface area contributed by atoms with Crippen molar-refractivity contribution in [3.05, 3.63) is 60.2 Å². The number of nitrogens with one attached hydrogen (secondary N) is 1. The van der Waals surface area contributed by atoms with Crippen LogP contribution in [0.25, 0.3) is 0 Å². The fourth-order valence-corrected chi connectivity index (χ4v) is 3.93. The average molecular weight is 429 g/mol. The molecule has 0 radical (unpaired) electrons. The van der Waals surface area contributed by atoms with Crippen LogP contribution in [0.3, 0.4) is 0 Å². The van der Waals surface area contributed by atoms with Crippen LogP contribution < -0.4 is 20.7 Å². The maximum atomic E-state index is 13.5. The molecule has 2 heterocycles. The maximum absolute atomic E-state index is 13.5. The van der Waals surface area contributed by atoms with Crippen LogP contribution >= 0.6 is 9.24 Å². The smallest absolute Gasteiger partial charge is 0.251 e. The number of ether oxygens (including phenoxy) is 1. The van der Waals surface area contributed by atoms with Gasteiger partial charge in [-0.25, -0.2) is 0 Å². The van der Waals surface area contributed by atoms with Crippen molar-refractivity contribution in [1.29, 1.82) is 0 Å². The minimum Gasteiger partial charge on any atom is -0.484 e. The van der Waals surface area contributed by atoms with Crippen LogP contribution in [0.2, 0.25) is 0 Å². The highest BCUT2D eigenvalue weighted by Crippen LogP contribution is 2.31. The molecular weight excluding hydrogens is 395 g/mol. The molecule has 0 saturated carbocycles. The summed E-state index contributed by atoms with van der Waals surface area (Å²) in [6.07, 6.45) is 6.59. The summed E-state index contributed by atoms with van der Waals surface area (Å²) in [4.78, 5) is 17.3. The summed E-state index contributed by atoms with van der Waals surface area (Å²) in [5, 5.41) is 2.87. The molecule has 1 amide bonds. The molecule has 6 nitrogen and oxygen atoms in total. The Kier molecular flexibility index (Phi) is 6.77. The third-order valence-corrected chi connectivity index (χ3v) is 5.22. The number of allylic oxidation sites excluding steroid dienone is 2. The van der Waals surface area contributed by atoms with Gasteiger partial charge in [0.1, 0.15) is 23.0 Å². The number of anilines is 1. The monoisotopic (exact) mass is 428 g/mol. The van der Waals surface area contributed by atoms with E-state index < -0.39 is 0 Å². The van der Waals surface area contributed by atoms with Crippen LogP contribution in [-0.2, 0) is 4.79 Å². The fourth-order valence-electron chi connectivity index (χ4n) is 3.80. The summed E-state index contributed by atoms with van der Waals surface area (Å²) in [6, 6.07) is 7.70. The lowest BCUT2D eigenvalue weighted by Gasteiger charge is -2.35. The van der Waals surface area contributed by atoms with E-state index in [1.54, 1.807) is 4.90 Å². The van der Waals surface area contributed by atoms with Gasteiger partial charge in [0.2, 0.25) is 0 Å². The Labute approximate surface area is 182 Å². The van der Waals surface area contributed by atoms with E-state index in [2.05, 4.69) is 33.0 Å². The van der Waals surface area contributed by atoms with E-state index in [9.17, 15) is 4.79 Å². The Morgan fingerprint density at radius 2 is 2.10 bits per heavy atom. The van der Waals surface area contributed by atoms with Gasteiger partial charge in [0, 0.05) is 17.9 Å². The molecule has 7 heteroatoms. The van der Waals surface area contributed by atoms with E-state index in [1.807, 2.05) is 50.3 Å². The van der Waals surface area contributed by atoms with E-state index in [0.29, 0.717) is 12.4 Å². The minimum absolute atomic E-state index is 0.0152. The number of carbonyl (C=O) groups excluding carboxylic acids is 1. The van der Waals surface area contributed by atoms with Gasteiger partial charge in [0.15, 0.2) is 0 Å². The van der Waals surface area contributed by atoms with Gasteiger partial charge in [0.05, 0.1) is 12.2 Å². The van der Waals surface area contributed by atoms with Crippen LogP contribution in [0, 0.1) is 0 Å². The number of rotatable bonds is 6. The molecule has 1 aromatic rings. The summed E-state index contributed by atoms with van der Waals surface area (Å²) < 4.78 is 5.88. The summed E-state index contributed by atoms with van der Waals surface area (Å²) in [6.45, 7) is 11.3. The third-order valence-electron chi connectivity index (χ3n) is 5.10. The first-order valence-electron chi connectivity index (χ1n) is 10.5. The third kappa shape index (κ3) is 5.17. The molecule has 2 aliphatic rings. The van der Waals surface area contributed by atoms with Crippen molar-refractivity contribution in [3.8, 4) is 5.75 Å². The lowest BCUT2D eigenvalue weighted by atomic mass is 10.1. The van der Waals surface area contributed by atoms with Gasteiger partial charge in [0.25, 0.3) is 5.91 Å². The molecule has 1 saturated heterocycles. The number of carbonyl (C=O) groups is 1. The summed E-state index contributed by atoms with van der Waals surface area (Å²) in [5.41, 5.74) is 8.86. The van der Waals surface area contributed by atoms with Crippen LogP contribution in [0.5, 0.6) is 5.75 Å². The zero-order valence-corrected chi connectivity index (χ0v) is 19.3. The summed E-state index contributed by atoms with van der Waals surface area (Å²) in [7, 11) is 2.68. The molecular formula is C23H33N4O2P. The van der Waals surface area contributed by atoms with Gasteiger partial charge < -0.3 is 20.7 Å². The Morgan fingerprint density at radius 3 is 2.73 bits per heavy atom. The minimum atomic E-state index is -0.327. The predicted molar refractivity (Wildman–Crippen MR) is 126 cm³/mol. The number of hydrogen-bond acceptors (Lipinski definition) is 5. The van der Waals surface area contributed by atoms with Crippen molar-refractivity contribution in [3.63, 3.8) is 0 Å². The molecule has 2 aliphatic heterocycles. The van der Waals surface area contributed by atoms with E-state index in [0.717, 1.165) is 48.6 Å². The van der Waals surface area contributed by atoms with Crippen molar-refractivity contribution in [2.24, 2.45) is 5.73 Å². The number of hydrogen-bond donors (Lipinski definition) is 2. The second-order valence-corrected chi connectivity index (χ2v) is 9.70. The lowest BCUT2D eigenvalue weighted by Crippen LogP contribution is -2.51. The van der Waals surface area contributed by atoms with Crippen molar-refractivity contribution in [2.45, 2.75) is 51.4 Å². The SMILES string of the molecule is C=C1CN(C(=O)C2CCCN2c2ccc(OC(C)(C)P)cc2)C(N)=C(/C=C\CC)N1. The number of amides is 1. The number of benzene rings is 1. The van der Waals surface area contributed by atoms with E-state index in [1.165, 1.54) is 0 Å². The molecule has 0 spiro atoms. The molecule has 162 valence electrons. The zero-order chi connectivity index (χ0) is 21.9. The maximum Gasteiger partial charge on any atom is 0.251 e. The topological polar surface area (TPSA) is 70.8 Å². The molecule has 30 heavy (non-hydrogen) atoms. The van der Waals surface area contributed by atoms with Crippen LogP contribution in [0.4, 0.5) is 5.69 Å².